The minimum atomic E-state index is 0.694. The molecule has 0 aliphatic carbocycles. The van der Waals surface area contributed by atoms with Crippen LogP contribution in [0, 0.1) is 0 Å². The molecule has 0 saturated carbocycles. The Morgan fingerprint density at radius 1 is 1.25 bits per heavy atom. The van der Waals surface area contributed by atoms with E-state index in [0.29, 0.717) is 11.3 Å². The van der Waals surface area contributed by atoms with E-state index in [-0.39, 0.29) is 0 Å². The fourth-order valence-electron chi connectivity index (χ4n) is 0.730. The SMILES string of the molecule is O=CC=CNc1ccc(Cl)cc1. The lowest BCUT2D eigenvalue weighted by Crippen LogP contribution is -1.85. The molecule has 1 aromatic carbocycles. The summed E-state index contributed by atoms with van der Waals surface area (Å²) in [6, 6.07) is 7.21. The number of rotatable bonds is 3. The summed E-state index contributed by atoms with van der Waals surface area (Å²) < 4.78 is 0. The van der Waals surface area contributed by atoms with Crippen molar-refractivity contribution in [2.75, 3.05) is 5.32 Å². The molecule has 0 unspecified atom stereocenters. The Kier molecular flexibility index (Phi) is 3.35. The summed E-state index contributed by atoms with van der Waals surface area (Å²) in [5, 5.41) is 3.60. The summed E-state index contributed by atoms with van der Waals surface area (Å²) in [5.41, 5.74) is 0.900. The highest BCUT2D eigenvalue weighted by molar-refractivity contribution is 6.30. The maximum Gasteiger partial charge on any atom is 0.144 e. The fourth-order valence-corrected chi connectivity index (χ4v) is 0.856. The molecule has 62 valence electrons. The monoisotopic (exact) mass is 181 g/mol. The van der Waals surface area contributed by atoms with Gasteiger partial charge in [0.05, 0.1) is 0 Å². The number of carbonyl (C=O) groups is 1. The zero-order valence-corrected chi connectivity index (χ0v) is 7.08. The Hall–Kier alpha value is -1.28. The smallest absolute Gasteiger partial charge is 0.144 e. The molecule has 1 N–H and O–H groups in total. The van der Waals surface area contributed by atoms with Gasteiger partial charge in [-0.05, 0) is 30.3 Å². The van der Waals surface area contributed by atoms with Crippen molar-refractivity contribution in [2.45, 2.75) is 0 Å². The predicted octanol–water partition coefficient (Wildman–Crippen LogP) is 2.46. The Balaban J connectivity index is 2.58. The van der Waals surface area contributed by atoms with Gasteiger partial charge in [0.15, 0.2) is 0 Å². The number of allylic oxidation sites excluding steroid dienone is 1. The average molecular weight is 182 g/mol. The van der Waals surface area contributed by atoms with Gasteiger partial charge in [0.2, 0.25) is 0 Å². The molecule has 0 atom stereocenters. The third-order valence-electron chi connectivity index (χ3n) is 1.27. The number of benzene rings is 1. The van der Waals surface area contributed by atoms with Crippen LogP contribution in [0.2, 0.25) is 5.02 Å². The maximum atomic E-state index is 9.90. The Labute approximate surface area is 75.9 Å². The highest BCUT2D eigenvalue weighted by atomic mass is 35.5. The average Bonchev–Trinajstić information content (AvgIpc) is 2.09. The van der Waals surface area contributed by atoms with Crippen molar-refractivity contribution >= 4 is 23.6 Å². The highest BCUT2D eigenvalue weighted by Crippen LogP contribution is 2.12. The van der Waals surface area contributed by atoms with E-state index in [0.717, 1.165) is 5.69 Å². The van der Waals surface area contributed by atoms with E-state index < -0.39 is 0 Å². The van der Waals surface area contributed by atoms with Gasteiger partial charge in [-0.15, -0.1) is 0 Å². The minimum absolute atomic E-state index is 0.694. The van der Waals surface area contributed by atoms with Crippen LogP contribution in [-0.4, -0.2) is 6.29 Å². The maximum absolute atomic E-state index is 9.90. The van der Waals surface area contributed by atoms with E-state index in [4.69, 9.17) is 11.6 Å². The van der Waals surface area contributed by atoms with E-state index in [1.54, 1.807) is 18.3 Å². The highest BCUT2D eigenvalue weighted by Gasteiger charge is 1.87. The van der Waals surface area contributed by atoms with E-state index in [1.165, 1.54) is 6.08 Å². The quantitative estimate of drug-likeness (QED) is 0.574. The molecule has 0 fully saturated rings. The number of hydrogen-bond donors (Lipinski definition) is 1. The first-order chi connectivity index (χ1) is 5.83. The molecule has 0 amide bonds. The van der Waals surface area contributed by atoms with Gasteiger partial charge in [0, 0.05) is 16.9 Å². The van der Waals surface area contributed by atoms with Gasteiger partial charge in [0.1, 0.15) is 6.29 Å². The number of anilines is 1. The van der Waals surface area contributed by atoms with Crippen molar-refractivity contribution in [1.82, 2.24) is 0 Å². The third kappa shape index (κ3) is 2.76. The molecular weight excluding hydrogens is 174 g/mol. The molecule has 0 aromatic heterocycles. The first kappa shape index (κ1) is 8.81. The molecule has 0 aliphatic heterocycles. The standard InChI is InChI=1S/C9H8ClNO/c10-8-2-4-9(5-3-8)11-6-1-7-12/h1-7,11H. The van der Waals surface area contributed by atoms with E-state index in [9.17, 15) is 4.79 Å². The topological polar surface area (TPSA) is 29.1 Å². The van der Waals surface area contributed by atoms with Gasteiger partial charge in [-0.1, -0.05) is 11.6 Å². The first-order valence-electron chi connectivity index (χ1n) is 3.45. The summed E-state index contributed by atoms with van der Waals surface area (Å²) in [5.74, 6) is 0. The summed E-state index contributed by atoms with van der Waals surface area (Å²) >= 11 is 5.67. The van der Waals surface area contributed by atoms with E-state index in [2.05, 4.69) is 5.32 Å². The van der Waals surface area contributed by atoms with Gasteiger partial charge in [-0.3, -0.25) is 4.79 Å². The van der Waals surface area contributed by atoms with Crippen LogP contribution >= 0.6 is 11.6 Å². The lowest BCUT2D eigenvalue weighted by Gasteiger charge is -1.98. The van der Waals surface area contributed by atoms with Gasteiger partial charge in [0.25, 0.3) is 0 Å². The molecule has 1 rings (SSSR count). The first-order valence-corrected chi connectivity index (χ1v) is 3.83. The second-order valence-corrected chi connectivity index (χ2v) is 2.58. The van der Waals surface area contributed by atoms with Crippen LogP contribution in [0.15, 0.2) is 36.5 Å². The number of aldehydes is 1. The lowest BCUT2D eigenvalue weighted by molar-refractivity contribution is -0.104. The van der Waals surface area contributed by atoms with Crippen LogP contribution in [0.1, 0.15) is 0 Å². The van der Waals surface area contributed by atoms with Crippen molar-refractivity contribution < 1.29 is 4.79 Å². The van der Waals surface area contributed by atoms with Crippen molar-refractivity contribution in [3.63, 3.8) is 0 Å². The molecule has 0 spiro atoms. The van der Waals surface area contributed by atoms with Gasteiger partial charge in [-0.25, -0.2) is 0 Å². The fraction of sp³-hybridized carbons (Fsp3) is 0. The Morgan fingerprint density at radius 3 is 2.50 bits per heavy atom. The molecule has 2 nitrogen and oxygen atoms in total. The molecule has 0 saturated heterocycles. The second kappa shape index (κ2) is 4.57. The van der Waals surface area contributed by atoms with Gasteiger partial charge in [-0.2, -0.15) is 0 Å². The van der Waals surface area contributed by atoms with Crippen LogP contribution in [0.3, 0.4) is 0 Å². The molecule has 0 heterocycles. The van der Waals surface area contributed by atoms with Gasteiger partial charge >= 0.3 is 0 Å². The van der Waals surface area contributed by atoms with E-state index >= 15 is 0 Å². The van der Waals surface area contributed by atoms with Crippen LogP contribution in [0.25, 0.3) is 0 Å². The molecule has 3 heteroatoms. The molecular formula is C9H8ClNO. The zero-order chi connectivity index (χ0) is 8.81. The largest absolute Gasteiger partial charge is 0.362 e. The second-order valence-electron chi connectivity index (χ2n) is 2.15. The van der Waals surface area contributed by atoms with Crippen LogP contribution in [0.4, 0.5) is 5.69 Å². The zero-order valence-electron chi connectivity index (χ0n) is 6.33. The van der Waals surface area contributed by atoms with Crippen LogP contribution in [0.5, 0.6) is 0 Å². The van der Waals surface area contributed by atoms with E-state index in [1.807, 2.05) is 12.1 Å². The van der Waals surface area contributed by atoms with Gasteiger partial charge < -0.3 is 5.32 Å². The molecule has 12 heavy (non-hydrogen) atoms. The summed E-state index contributed by atoms with van der Waals surface area (Å²) in [6.07, 6.45) is 3.66. The summed E-state index contributed by atoms with van der Waals surface area (Å²) in [7, 11) is 0. The van der Waals surface area contributed by atoms with Crippen molar-refractivity contribution in [3.05, 3.63) is 41.6 Å². The molecule has 1 aromatic rings. The number of nitrogens with one attached hydrogen (secondary N) is 1. The molecule has 0 bridgehead atoms. The van der Waals surface area contributed by atoms with Crippen LogP contribution < -0.4 is 5.32 Å². The number of carbonyl (C=O) groups excluding carboxylic acids is 1. The Bertz CT molecular complexity index is 279. The Morgan fingerprint density at radius 2 is 1.92 bits per heavy atom. The molecule has 0 radical (unpaired) electrons. The normalized spacial score (nSPS) is 10.1. The lowest BCUT2D eigenvalue weighted by atomic mass is 10.3. The third-order valence-corrected chi connectivity index (χ3v) is 1.52. The van der Waals surface area contributed by atoms with Crippen LogP contribution in [-0.2, 0) is 4.79 Å². The van der Waals surface area contributed by atoms with Crippen molar-refractivity contribution in [2.24, 2.45) is 0 Å². The minimum Gasteiger partial charge on any atom is -0.362 e. The van der Waals surface area contributed by atoms with Crippen molar-refractivity contribution in [3.8, 4) is 0 Å². The number of halogens is 1. The summed E-state index contributed by atoms with van der Waals surface area (Å²) in [4.78, 5) is 9.90. The summed E-state index contributed by atoms with van der Waals surface area (Å²) in [6.45, 7) is 0. The molecule has 0 aliphatic rings. The predicted molar refractivity (Wildman–Crippen MR) is 50.3 cm³/mol. The number of hydrogen-bond acceptors (Lipinski definition) is 2. The van der Waals surface area contributed by atoms with Crippen molar-refractivity contribution in [1.29, 1.82) is 0 Å².